The highest BCUT2D eigenvalue weighted by molar-refractivity contribution is 6.47. The molecule has 1 heterocycles. The molecule has 0 saturated carbocycles. The minimum Gasteiger partial charge on any atom is -0.240 e. The molecule has 0 N–H and O–H groups in total. The number of fused-ring (bicyclic) bond motifs is 9. The van der Waals surface area contributed by atoms with Crippen LogP contribution in [0.3, 0.4) is 0 Å². The van der Waals surface area contributed by atoms with Gasteiger partial charge >= 0.3 is 0 Å². The van der Waals surface area contributed by atoms with Crippen LogP contribution in [0.15, 0.2) is 48.5 Å². The summed E-state index contributed by atoms with van der Waals surface area (Å²) < 4.78 is 59.0. The zero-order valence-corrected chi connectivity index (χ0v) is 24.0. The third-order valence-corrected chi connectivity index (χ3v) is 8.89. The van der Waals surface area contributed by atoms with Crippen molar-refractivity contribution >= 4 is 75.9 Å². The zero-order chi connectivity index (χ0) is 29.6. The van der Waals surface area contributed by atoms with Gasteiger partial charge in [-0.25, -0.2) is 27.5 Å². The summed E-state index contributed by atoms with van der Waals surface area (Å²) in [5.74, 6) is -6.87. The maximum Gasteiger partial charge on any atom is 0.199 e. The van der Waals surface area contributed by atoms with E-state index < -0.39 is 34.3 Å². The van der Waals surface area contributed by atoms with Gasteiger partial charge in [0.05, 0.1) is 11.0 Å². The summed E-state index contributed by atoms with van der Waals surface area (Å²) in [6, 6.07) is 16.8. The second kappa shape index (κ2) is 7.74. The number of nitrogens with zero attached hydrogens (tertiary/aromatic N) is 2. The van der Waals surface area contributed by atoms with Crippen LogP contribution in [0.5, 0.6) is 0 Å². The molecule has 2 nitrogen and oxygen atoms in total. The SMILES string of the molecule is CC(C)(C)c1ccc2c3c4nc5c(F)c(F)c(F)c(F)c5nc4c4c(C(C)(C)C)ccc(c5c6ccccc6c1c25)c43. The van der Waals surface area contributed by atoms with Gasteiger partial charge in [-0.15, -0.1) is 0 Å². The Bertz CT molecular complexity index is 2460. The zero-order valence-electron chi connectivity index (χ0n) is 24.0. The molecule has 42 heavy (non-hydrogen) atoms. The van der Waals surface area contributed by atoms with E-state index in [1.54, 1.807) is 0 Å². The van der Waals surface area contributed by atoms with Gasteiger partial charge in [-0.3, -0.25) is 0 Å². The van der Waals surface area contributed by atoms with E-state index in [2.05, 4.69) is 87.9 Å². The highest BCUT2D eigenvalue weighted by Crippen LogP contribution is 2.53. The molecule has 0 unspecified atom stereocenters. The molecular formula is C36H26F4N2. The molecule has 208 valence electrons. The molecule has 8 rings (SSSR count). The lowest BCUT2D eigenvalue weighted by atomic mass is 9.81. The van der Waals surface area contributed by atoms with Crippen LogP contribution in [-0.4, -0.2) is 9.97 Å². The van der Waals surface area contributed by atoms with Gasteiger partial charge in [0.15, 0.2) is 23.3 Å². The van der Waals surface area contributed by atoms with E-state index in [4.69, 9.17) is 0 Å². The molecule has 0 aliphatic rings. The summed E-state index contributed by atoms with van der Waals surface area (Å²) >= 11 is 0. The number of rotatable bonds is 0. The van der Waals surface area contributed by atoms with Crippen molar-refractivity contribution in [1.82, 2.24) is 9.97 Å². The maximum absolute atomic E-state index is 15.1. The third-order valence-electron chi connectivity index (χ3n) is 8.89. The van der Waals surface area contributed by atoms with E-state index in [1.165, 1.54) is 5.56 Å². The van der Waals surface area contributed by atoms with E-state index in [0.29, 0.717) is 11.0 Å². The minimum absolute atomic E-state index is 0.148. The van der Waals surface area contributed by atoms with Gasteiger partial charge in [0, 0.05) is 16.2 Å². The Labute approximate surface area is 238 Å². The van der Waals surface area contributed by atoms with Gasteiger partial charge in [0.2, 0.25) is 0 Å². The van der Waals surface area contributed by atoms with Gasteiger partial charge in [-0.1, -0.05) is 90.1 Å². The Hall–Kier alpha value is -4.32. The van der Waals surface area contributed by atoms with Crippen molar-refractivity contribution in [2.24, 2.45) is 0 Å². The number of aromatic nitrogens is 2. The standard InChI is InChI=1S/C36H26F4N2/c1-35(2,3)19-13-12-18-23-21(15-9-7-8-10-16(15)22(19)23)17-11-14-20(36(4,5)6)26-24(17)25(18)31-32(26)42-34-30(40)28(38)27(37)29(39)33(34)41-31/h7-14H,1-6H3. The maximum atomic E-state index is 15.1. The molecule has 0 spiro atoms. The van der Waals surface area contributed by atoms with Crippen LogP contribution in [0.25, 0.3) is 75.9 Å². The van der Waals surface area contributed by atoms with Crippen LogP contribution in [0.4, 0.5) is 17.6 Å². The first kappa shape index (κ1) is 25.4. The van der Waals surface area contributed by atoms with Crippen molar-refractivity contribution in [3.05, 3.63) is 82.9 Å². The molecule has 0 saturated heterocycles. The molecule has 0 radical (unpaired) electrons. The number of hydrogen-bond acceptors (Lipinski definition) is 2. The van der Waals surface area contributed by atoms with Crippen molar-refractivity contribution in [1.29, 1.82) is 0 Å². The van der Waals surface area contributed by atoms with Crippen molar-refractivity contribution in [2.45, 2.75) is 52.4 Å². The van der Waals surface area contributed by atoms with Gasteiger partial charge in [-0.05, 0) is 59.7 Å². The second-order valence-corrected chi connectivity index (χ2v) is 13.5. The Balaban J connectivity index is 1.76. The highest BCUT2D eigenvalue weighted by Gasteiger charge is 2.31. The molecule has 0 aliphatic heterocycles. The topological polar surface area (TPSA) is 25.8 Å². The molecule has 0 atom stereocenters. The van der Waals surface area contributed by atoms with Crippen LogP contribution < -0.4 is 0 Å². The normalized spacial score (nSPS) is 13.5. The van der Waals surface area contributed by atoms with Crippen molar-refractivity contribution in [2.75, 3.05) is 0 Å². The van der Waals surface area contributed by atoms with Gasteiger partial charge in [0.1, 0.15) is 11.0 Å². The van der Waals surface area contributed by atoms with Crippen LogP contribution in [0.1, 0.15) is 52.7 Å². The van der Waals surface area contributed by atoms with Crippen molar-refractivity contribution < 1.29 is 17.6 Å². The molecule has 1 aromatic heterocycles. The first-order chi connectivity index (χ1) is 19.8. The second-order valence-electron chi connectivity index (χ2n) is 13.5. The number of hydrogen-bond donors (Lipinski definition) is 0. The summed E-state index contributed by atoms with van der Waals surface area (Å²) in [6.07, 6.45) is 0. The Morgan fingerprint density at radius 1 is 0.405 bits per heavy atom. The van der Waals surface area contributed by atoms with Crippen molar-refractivity contribution in [3.63, 3.8) is 0 Å². The van der Waals surface area contributed by atoms with Crippen LogP contribution in [0, 0.1) is 23.3 Å². The van der Waals surface area contributed by atoms with Crippen LogP contribution in [0.2, 0.25) is 0 Å². The quantitative estimate of drug-likeness (QED) is 0.0795. The molecule has 0 amide bonds. The predicted molar refractivity (Wildman–Crippen MR) is 164 cm³/mol. The molecule has 0 fully saturated rings. The smallest absolute Gasteiger partial charge is 0.199 e. The number of halogens is 4. The predicted octanol–water partition coefficient (Wildman–Crippen LogP) is 10.6. The van der Waals surface area contributed by atoms with E-state index in [-0.39, 0.29) is 10.8 Å². The lowest BCUT2D eigenvalue weighted by Crippen LogP contribution is -2.11. The Kier molecular flexibility index (Phi) is 4.68. The molecule has 7 aromatic carbocycles. The van der Waals surface area contributed by atoms with Crippen LogP contribution >= 0.6 is 0 Å². The van der Waals surface area contributed by atoms with Crippen LogP contribution in [-0.2, 0) is 10.8 Å². The highest BCUT2D eigenvalue weighted by atomic mass is 19.2. The largest absolute Gasteiger partial charge is 0.240 e. The van der Waals surface area contributed by atoms with E-state index in [0.717, 1.165) is 59.4 Å². The lowest BCUT2D eigenvalue weighted by Gasteiger charge is -2.23. The van der Waals surface area contributed by atoms with E-state index in [9.17, 15) is 8.78 Å². The third kappa shape index (κ3) is 2.95. The average Bonchev–Trinajstić information content (AvgIpc) is 3.46. The Morgan fingerprint density at radius 3 is 1.36 bits per heavy atom. The summed E-state index contributed by atoms with van der Waals surface area (Å²) in [6.45, 7) is 12.8. The van der Waals surface area contributed by atoms with E-state index in [1.807, 2.05) is 12.1 Å². The van der Waals surface area contributed by atoms with Crippen molar-refractivity contribution in [3.8, 4) is 0 Å². The fourth-order valence-electron chi connectivity index (χ4n) is 7.12. The number of benzene rings is 5. The first-order valence-electron chi connectivity index (χ1n) is 14.0. The fraction of sp³-hybridized carbons (Fsp3) is 0.222. The van der Waals surface area contributed by atoms with E-state index >= 15 is 8.78 Å². The summed E-state index contributed by atoms with van der Waals surface area (Å²) in [7, 11) is 0. The summed E-state index contributed by atoms with van der Waals surface area (Å²) in [5, 5.41) is 9.93. The molecular weight excluding hydrogens is 536 g/mol. The molecule has 6 heteroatoms. The monoisotopic (exact) mass is 562 g/mol. The Morgan fingerprint density at radius 2 is 0.833 bits per heavy atom. The molecule has 8 aromatic rings. The summed E-state index contributed by atoms with van der Waals surface area (Å²) in [5.41, 5.74) is 1.13. The first-order valence-corrected chi connectivity index (χ1v) is 14.0. The summed E-state index contributed by atoms with van der Waals surface area (Å²) in [4.78, 5) is 9.07. The van der Waals surface area contributed by atoms with Gasteiger partial charge in [-0.2, -0.15) is 0 Å². The average molecular weight is 563 g/mol. The minimum atomic E-state index is -1.89. The molecule has 0 aliphatic carbocycles. The van der Waals surface area contributed by atoms with Gasteiger partial charge in [0.25, 0.3) is 0 Å². The lowest BCUT2D eigenvalue weighted by molar-refractivity contribution is 0.416. The van der Waals surface area contributed by atoms with Gasteiger partial charge < -0.3 is 0 Å². The molecule has 0 bridgehead atoms. The fourth-order valence-corrected chi connectivity index (χ4v) is 7.12.